The summed E-state index contributed by atoms with van der Waals surface area (Å²) in [5, 5.41) is 0. The van der Waals surface area contributed by atoms with Gasteiger partial charge < -0.3 is 15.4 Å². The normalized spacial score (nSPS) is 16.9. The van der Waals surface area contributed by atoms with Crippen LogP contribution in [0.2, 0.25) is 0 Å². The Morgan fingerprint density at radius 3 is 2.74 bits per heavy atom. The van der Waals surface area contributed by atoms with Gasteiger partial charge in [-0.25, -0.2) is 0 Å². The molecule has 1 fully saturated rings. The van der Waals surface area contributed by atoms with E-state index in [1.54, 1.807) is 6.20 Å². The molecule has 106 valence electrons. The second kappa shape index (κ2) is 6.70. The molecule has 0 radical (unpaired) electrons. The van der Waals surface area contributed by atoms with Crippen molar-refractivity contribution >= 4 is 5.82 Å². The maximum absolute atomic E-state index is 5.62. The van der Waals surface area contributed by atoms with Crippen LogP contribution < -0.4 is 15.4 Å². The summed E-state index contributed by atoms with van der Waals surface area (Å²) in [5.41, 5.74) is 5.62. The number of rotatable bonds is 5. The Bertz CT molecular complexity index is 389. The minimum absolute atomic E-state index is 0.125. The smallest absolute Gasteiger partial charge is 0.234 e. The molecule has 5 nitrogen and oxygen atoms in total. The van der Waals surface area contributed by atoms with Crippen LogP contribution >= 0.6 is 0 Å². The minimum Gasteiger partial charge on any atom is -0.474 e. The summed E-state index contributed by atoms with van der Waals surface area (Å²) >= 11 is 0. The third-order valence-corrected chi connectivity index (χ3v) is 3.47. The average molecular weight is 264 g/mol. The van der Waals surface area contributed by atoms with Crippen LogP contribution in [0.1, 0.15) is 33.1 Å². The number of anilines is 1. The van der Waals surface area contributed by atoms with Crippen LogP contribution in [0.4, 0.5) is 5.82 Å². The molecular formula is C14H24N4O. The molecule has 1 aromatic heterocycles. The van der Waals surface area contributed by atoms with E-state index in [1.807, 2.05) is 20.0 Å². The van der Waals surface area contributed by atoms with Crippen molar-refractivity contribution < 1.29 is 4.74 Å². The van der Waals surface area contributed by atoms with Gasteiger partial charge in [-0.15, -0.1) is 0 Å². The lowest BCUT2D eigenvalue weighted by Crippen LogP contribution is -2.35. The second-order valence-corrected chi connectivity index (χ2v) is 5.39. The summed E-state index contributed by atoms with van der Waals surface area (Å²) in [7, 11) is 0. The first-order chi connectivity index (χ1) is 9.19. The SMILES string of the molecule is CC(C)Oc1cncc(N2CCC(CCN)CC2)n1. The lowest BCUT2D eigenvalue weighted by atomic mass is 9.94. The van der Waals surface area contributed by atoms with Crippen LogP contribution in [-0.4, -0.2) is 35.7 Å². The molecular weight excluding hydrogens is 240 g/mol. The molecule has 2 rings (SSSR count). The highest BCUT2D eigenvalue weighted by Gasteiger charge is 2.20. The van der Waals surface area contributed by atoms with E-state index in [-0.39, 0.29) is 6.10 Å². The Balaban J connectivity index is 1.95. The van der Waals surface area contributed by atoms with Crippen molar-refractivity contribution in [3.05, 3.63) is 12.4 Å². The molecule has 5 heteroatoms. The summed E-state index contributed by atoms with van der Waals surface area (Å²) in [6.45, 7) is 6.84. The highest BCUT2D eigenvalue weighted by molar-refractivity contribution is 5.38. The van der Waals surface area contributed by atoms with E-state index < -0.39 is 0 Å². The Morgan fingerprint density at radius 2 is 2.11 bits per heavy atom. The lowest BCUT2D eigenvalue weighted by molar-refractivity contribution is 0.231. The van der Waals surface area contributed by atoms with Crippen LogP contribution in [0.5, 0.6) is 5.88 Å². The highest BCUT2D eigenvalue weighted by Crippen LogP contribution is 2.24. The molecule has 0 aromatic carbocycles. The molecule has 0 saturated carbocycles. The largest absolute Gasteiger partial charge is 0.474 e. The van der Waals surface area contributed by atoms with Crippen LogP contribution in [0.15, 0.2) is 12.4 Å². The summed E-state index contributed by atoms with van der Waals surface area (Å²) < 4.78 is 5.59. The minimum atomic E-state index is 0.125. The third kappa shape index (κ3) is 4.06. The van der Waals surface area contributed by atoms with Gasteiger partial charge in [0.05, 0.1) is 18.5 Å². The first kappa shape index (κ1) is 14.1. The van der Waals surface area contributed by atoms with Gasteiger partial charge in [-0.05, 0) is 45.6 Å². The Labute approximate surface area is 115 Å². The molecule has 2 N–H and O–H groups in total. The lowest BCUT2D eigenvalue weighted by Gasteiger charge is -2.32. The quantitative estimate of drug-likeness (QED) is 0.879. The van der Waals surface area contributed by atoms with E-state index in [2.05, 4.69) is 14.9 Å². The standard InChI is InChI=1S/C14H24N4O/c1-11(2)19-14-10-16-9-13(17-14)18-7-4-12(3-6-15)5-8-18/h9-12H,3-8,15H2,1-2H3. The second-order valence-electron chi connectivity index (χ2n) is 5.39. The number of ether oxygens (including phenoxy) is 1. The number of hydrogen-bond donors (Lipinski definition) is 1. The number of hydrogen-bond acceptors (Lipinski definition) is 5. The van der Waals surface area contributed by atoms with Crippen molar-refractivity contribution in [1.82, 2.24) is 9.97 Å². The molecule has 0 aliphatic carbocycles. The van der Waals surface area contributed by atoms with E-state index in [9.17, 15) is 0 Å². The van der Waals surface area contributed by atoms with Crippen molar-refractivity contribution in [2.24, 2.45) is 11.7 Å². The van der Waals surface area contributed by atoms with Crippen LogP contribution in [0.3, 0.4) is 0 Å². The van der Waals surface area contributed by atoms with Crippen LogP contribution in [-0.2, 0) is 0 Å². The Morgan fingerprint density at radius 1 is 1.37 bits per heavy atom. The zero-order valence-electron chi connectivity index (χ0n) is 11.9. The Kier molecular flexibility index (Phi) is 4.96. The van der Waals surface area contributed by atoms with E-state index in [4.69, 9.17) is 10.5 Å². The molecule has 0 bridgehead atoms. The zero-order chi connectivity index (χ0) is 13.7. The predicted octanol–water partition coefficient (Wildman–Crippen LogP) is 1.83. The molecule has 19 heavy (non-hydrogen) atoms. The molecule has 0 atom stereocenters. The van der Waals surface area contributed by atoms with E-state index in [0.29, 0.717) is 5.88 Å². The van der Waals surface area contributed by atoms with Crippen LogP contribution in [0, 0.1) is 5.92 Å². The van der Waals surface area contributed by atoms with Gasteiger partial charge in [0.2, 0.25) is 5.88 Å². The summed E-state index contributed by atoms with van der Waals surface area (Å²) in [6, 6.07) is 0. The number of nitrogens with two attached hydrogens (primary N) is 1. The summed E-state index contributed by atoms with van der Waals surface area (Å²) in [6.07, 6.45) is 7.12. The topological polar surface area (TPSA) is 64.3 Å². The predicted molar refractivity (Wildman–Crippen MR) is 76.4 cm³/mol. The first-order valence-electron chi connectivity index (χ1n) is 7.12. The monoisotopic (exact) mass is 264 g/mol. The van der Waals surface area contributed by atoms with Gasteiger partial charge in [-0.3, -0.25) is 4.98 Å². The van der Waals surface area contributed by atoms with E-state index in [1.165, 1.54) is 12.8 Å². The highest BCUT2D eigenvalue weighted by atomic mass is 16.5. The van der Waals surface area contributed by atoms with Crippen molar-refractivity contribution in [2.45, 2.75) is 39.2 Å². The fourth-order valence-corrected chi connectivity index (χ4v) is 2.48. The number of nitrogens with zero attached hydrogens (tertiary/aromatic N) is 3. The van der Waals surface area contributed by atoms with Gasteiger partial charge in [0.15, 0.2) is 5.82 Å². The maximum Gasteiger partial charge on any atom is 0.234 e. The first-order valence-corrected chi connectivity index (χ1v) is 7.12. The average Bonchev–Trinajstić information content (AvgIpc) is 2.39. The molecule has 1 aliphatic rings. The molecule has 2 heterocycles. The van der Waals surface area contributed by atoms with Crippen molar-refractivity contribution in [2.75, 3.05) is 24.5 Å². The maximum atomic E-state index is 5.62. The number of aromatic nitrogens is 2. The van der Waals surface area contributed by atoms with Gasteiger partial charge >= 0.3 is 0 Å². The van der Waals surface area contributed by atoms with Gasteiger partial charge in [-0.1, -0.05) is 0 Å². The fourth-order valence-electron chi connectivity index (χ4n) is 2.48. The van der Waals surface area contributed by atoms with Gasteiger partial charge in [0.1, 0.15) is 0 Å². The summed E-state index contributed by atoms with van der Waals surface area (Å²) in [5.74, 6) is 2.30. The molecule has 0 unspecified atom stereocenters. The van der Waals surface area contributed by atoms with E-state index >= 15 is 0 Å². The Hall–Kier alpha value is -1.36. The van der Waals surface area contributed by atoms with Crippen LogP contribution in [0.25, 0.3) is 0 Å². The molecule has 0 amide bonds. The van der Waals surface area contributed by atoms with Gasteiger partial charge in [-0.2, -0.15) is 4.98 Å². The molecule has 0 spiro atoms. The van der Waals surface area contributed by atoms with Crippen molar-refractivity contribution in [3.63, 3.8) is 0 Å². The zero-order valence-corrected chi connectivity index (χ0v) is 11.9. The number of piperidine rings is 1. The van der Waals surface area contributed by atoms with Gasteiger partial charge in [0, 0.05) is 13.1 Å². The molecule has 1 saturated heterocycles. The van der Waals surface area contributed by atoms with Crippen molar-refractivity contribution in [3.8, 4) is 5.88 Å². The molecule has 1 aromatic rings. The van der Waals surface area contributed by atoms with Gasteiger partial charge in [0.25, 0.3) is 0 Å². The van der Waals surface area contributed by atoms with Crippen molar-refractivity contribution in [1.29, 1.82) is 0 Å². The molecule has 1 aliphatic heterocycles. The van der Waals surface area contributed by atoms with E-state index in [0.717, 1.165) is 37.8 Å². The fraction of sp³-hybridized carbons (Fsp3) is 0.714. The third-order valence-electron chi connectivity index (χ3n) is 3.47. The summed E-state index contributed by atoms with van der Waals surface area (Å²) in [4.78, 5) is 11.0.